The lowest BCUT2D eigenvalue weighted by molar-refractivity contribution is -0.141. The topological polar surface area (TPSA) is 75.5 Å². The number of rotatable bonds is 4. The van der Waals surface area contributed by atoms with Gasteiger partial charge in [0.25, 0.3) is 0 Å². The van der Waals surface area contributed by atoms with Crippen molar-refractivity contribution >= 4 is 11.8 Å². The molecule has 1 aliphatic rings. The molecule has 1 fully saturated rings. The van der Waals surface area contributed by atoms with Crippen LogP contribution in [0.2, 0.25) is 0 Å². The molecule has 0 aliphatic carbocycles. The Morgan fingerprint density at radius 1 is 1.61 bits per heavy atom. The van der Waals surface area contributed by atoms with Crippen molar-refractivity contribution in [3.63, 3.8) is 0 Å². The molecule has 6 nitrogen and oxygen atoms in total. The van der Waals surface area contributed by atoms with Crippen molar-refractivity contribution in [2.45, 2.75) is 19.8 Å². The van der Waals surface area contributed by atoms with Gasteiger partial charge in [-0.25, -0.2) is 0 Å². The second-order valence-electron chi connectivity index (χ2n) is 4.27. The van der Waals surface area contributed by atoms with E-state index in [1.165, 1.54) is 0 Å². The van der Waals surface area contributed by atoms with Crippen molar-refractivity contribution in [2.24, 2.45) is 5.92 Å². The van der Waals surface area contributed by atoms with Gasteiger partial charge in [-0.1, -0.05) is 0 Å². The van der Waals surface area contributed by atoms with Crippen LogP contribution in [0.5, 0.6) is 5.88 Å². The van der Waals surface area contributed by atoms with E-state index in [1.54, 1.807) is 12.4 Å². The van der Waals surface area contributed by atoms with Gasteiger partial charge in [-0.05, 0) is 19.8 Å². The van der Waals surface area contributed by atoms with E-state index in [0.717, 1.165) is 19.4 Å². The molecular formula is C12H17N3O3. The highest BCUT2D eigenvalue weighted by Gasteiger charge is 2.26. The van der Waals surface area contributed by atoms with Gasteiger partial charge in [-0.3, -0.25) is 9.78 Å². The Hall–Kier alpha value is -1.85. The van der Waals surface area contributed by atoms with E-state index in [0.29, 0.717) is 24.8 Å². The van der Waals surface area contributed by atoms with E-state index in [2.05, 4.69) is 9.97 Å². The van der Waals surface area contributed by atoms with Gasteiger partial charge in [0, 0.05) is 13.1 Å². The van der Waals surface area contributed by atoms with Gasteiger partial charge in [-0.2, -0.15) is 4.98 Å². The molecule has 0 saturated carbocycles. The summed E-state index contributed by atoms with van der Waals surface area (Å²) in [5.41, 5.74) is 0. The standard InChI is InChI=1S/C12H17N3O3/c1-2-18-11-7-13-6-10(14-11)15-5-3-4-9(8-15)12(16)17/h6-7,9H,2-5,8H2,1H3,(H,16,17). The highest BCUT2D eigenvalue weighted by Crippen LogP contribution is 2.22. The molecular weight excluding hydrogens is 234 g/mol. The lowest BCUT2D eigenvalue weighted by Crippen LogP contribution is -2.39. The third kappa shape index (κ3) is 2.88. The molecule has 2 rings (SSSR count). The summed E-state index contributed by atoms with van der Waals surface area (Å²) in [4.78, 5) is 21.4. The average Bonchev–Trinajstić information content (AvgIpc) is 2.39. The summed E-state index contributed by atoms with van der Waals surface area (Å²) in [6.45, 7) is 3.72. The number of carboxylic acid groups (broad SMARTS) is 1. The number of hydrogen-bond acceptors (Lipinski definition) is 5. The predicted octanol–water partition coefficient (Wildman–Crippen LogP) is 1.18. The summed E-state index contributed by atoms with van der Waals surface area (Å²) >= 11 is 0. The zero-order valence-electron chi connectivity index (χ0n) is 10.4. The number of hydrogen-bond donors (Lipinski definition) is 1. The minimum atomic E-state index is -0.742. The van der Waals surface area contributed by atoms with Gasteiger partial charge in [0.1, 0.15) is 0 Å². The molecule has 1 N–H and O–H groups in total. The van der Waals surface area contributed by atoms with E-state index in [9.17, 15) is 4.79 Å². The van der Waals surface area contributed by atoms with E-state index in [-0.39, 0.29) is 5.92 Å². The first-order valence-corrected chi connectivity index (χ1v) is 6.13. The van der Waals surface area contributed by atoms with Crippen molar-refractivity contribution in [3.05, 3.63) is 12.4 Å². The Bertz CT molecular complexity index is 425. The highest BCUT2D eigenvalue weighted by atomic mass is 16.5. The van der Waals surface area contributed by atoms with Crippen molar-refractivity contribution < 1.29 is 14.6 Å². The lowest BCUT2D eigenvalue weighted by atomic mass is 9.98. The summed E-state index contributed by atoms with van der Waals surface area (Å²) in [6.07, 6.45) is 4.79. The molecule has 0 radical (unpaired) electrons. The molecule has 0 aromatic carbocycles. The zero-order chi connectivity index (χ0) is 13.0. The molecule has 6 heteroatoms. The fourth-order valence-electron chi connectivity index (χ4n) is 2.09. The van der Waals surface area contributed by atoms with Crippen LogP contribution in [0, 0.1) is 5.92 Å². The summed E-state index contributed by atoms with van der Waals surface area (Å²) in [7, 11) is 0. The number of carboxylic acids is 1. The lowest BCUT2D eigenvalue weighted by Gasteiger charge is -2.31. The highest BCUT2D eigenvalue weighted by molar-refractivity contribution is 5.71. The quantitative estimate of drug-likeness (QED) is 0.866. The number of carbonyl (C=O) groups is 1. The summed E-state index contributed by atoms with van der Waals surface area (Å²) in [5.74, 6) is 0.101. The molecule has 1 aromatic rings. The number of aliphatic carboxylic acids is 1. The van der Waals surface area contributed by atoms with E-state index < -0.39 is 5.97 Å². The number of anilines is 1. The molecule has 1 aromatic heterocycles. The summed E-state index contributed by atoms with van der Waals surface area (Å²) in [6, 6.07) is 0. The fourth-order valence-corrected chi connectivity index (χ4v) is 2.09. The molecule has 18 heavy (non-hydrogen) atoms. The van der Waals surface area contributed by atoms with Crippen LogP contribution in [0.4, 0.5) is 5.82 Å². The maximum absolute atomic E-state index is 11.0. The largest absolute Gasteiger partial charge is 0.481 e. The van der Waals surface area contributed by atoms with E-state index in [1.807, 2.05) is 11.8 Å². The smallest absolute Gasteiger partial charge is 0.308 e. The summed E-state index contributed by atoms with van der Waals surface area (Å²) in [5, 5.41) is 9.05. The predicted molar refractivity (Wildman–Crippen MR) is 65.8 cm³/mol. The Balaban J connectivity index is 2.10. The van der Waals surface area contributed by atoms with Crippen LogP contribution in [0.25, 0.3) is 0 Å². The first-order valence-electron chi connectivity index (χ1n) is 6.13. The van der Waals surface area contributed by atoms with Crippen molar-refractivity contribution in [1.82, 2.24) is 9.97 Å². The summed E-state index contributed by atoms with van der Waals surface area (Å²) < 4.78 is 5.30. The molecule has 98 valence electrons. The van der Waals surface area contributed by atoms with Gasteiger partial charge in [0.05, 0.1) is 24.9 Å². The Morgan fingerprint density at radius 2 is 2.44 bits per heavy atom. The molecule has 2 heterocycles. The first-order chi connectivity index (χ1) is 8.70. The number of nitrogens with zero attached hydrogens (tertiary/aromatic N) is 3. The molecule has 0 amide bonds. The van der Waals surface area contributed by atoms with E-state index in [4.69, 9.17) is 9.84 Å². The van der Waals surface area contributed by atoms with Crippen LogP contribution in [-0.2, 0) is 4.79 Å². The number of piperidine rings is 1. The van der Waals surface area contributed by atoms with Crippen molar-refractivity contribution in [2.75, 3.05) is 24.6 Å². The number of ether oxygens (including phenoxy) is 1. The maximum Gasteiger partial charge on any atom is 0.308 e. The Kier molecular flexibility index (Phi) is 3.96. The van der Waals surface area contributed by atoms with Crippen LogP contribution in [0.3, 0.4) is 0 Å². The van der Waals surface area contributed by atoms with Gasteiger partial charge >= 0.3 is 5.97 Å². The van der Waals surface area contributed by atoms with Gasteiger partial charge in [0.15, 0.2) is 5.82 Å². The van der Waals surface area contributed by atoms with Gasteiger partial charge in [-0.15, -0.1) is 0 Å². The van der Waals surface area contributed by atoms with Gasteiger partial charge < -0.3 is 14.7 Å². The van der Waals surface area contributed by atoms with Crippen molar-refractivity contribution in [3.8, 4) is 5.88 Å². The average molecular weight is 251 g/mol. The van der Waals surface area contributed by atoms with Crippen LogP contribution < -0.4 is 9.64 Å². The second-order valence-corrected chi connectivity index (χ2v) is 4.27. The molecule has 1 atom stereocenters. The fraction of sp³-hybridized carbons (Fsp3) is 0.583. The first kappa shape index (κ1) is 12.6. The normalized spacial score (nSPS) is 19.6. The minimum absolute atomic E-state index is 0.323. The molecule has 1 unspecified atom stereocenters. The van der Waals surface area contributed by atoms with Crippen LogP contribution in [0.15, 0.2) is 12.4 Å². The zero-order valence-corrected chi connectivity index (χ0v) is 10.4. The molecule has 1 aliphatic heterocycles. The number of aromatic nitrogens is 2. The Morgan fingerprint density at radius 3 is 3.17 bits per heavy atom. The molecule has 1 saturated heterocycles. The van der Waals surface area contributed by atoms with Crippen LogP contribution in [0.1, 0.15) is 19.8 Å². The third-order valence-electron chi connectivity index (χ3n) is 2.99. The van der Waals surface area contributed by atoms with Crippen LogP contribution >= 0.6 is 0 Å². The Labute approximate surface area is 106 Å². The minimum Gasteiger partial charge on any atom is -0.481 e. The van der Waals surface area contributed by atoms with Gasteiger partial charge in [0.2, 0.25) is 5.88 Å². The van der Waals surface area contributed by atoms with Crippen molar-refractivity contribution in [1.29, 1.82) is 0 Å². The third-order valence-corrected chi connectivity index (χ3v) is 2.99. The monoisotopic (exact) mass is 251 g/mol. The maximum atomic E-state index is 11.0. The molecule has 0 spiro atoms. The molecule has 0 bridgehead atoms. The second kappa shape index (κ2) is 5.66. The van der Waals surface area contributed by atoms with Crippen LogP contribution in [-0.4, -0.2) is 40.7 Å². The van der Waals surface area contributed by atoms with E-state index >= 15 is 0 Å². The SMILES string of the molecule is CCOc1cncc(N2CCCC(C(=O)O)C2)n1.